The third-order valence-corrected chi connectivity index (χ3v) is 5.77. The summed E-state index contributed by atoms with van der Waals surface area (Å²) >= 11 is 3.55. The van der Waals surface area contributed by atoms with Crippen molar-refractivity contribution in [3.8, 4) is 17.2 Å². The lowest BCUT2D eigenvalue weighted by atomic mass is 10.0. The van der Waals surface area contributed by atoms with Gasteiger partial charge in [0.15, 0.2) is 5.58 Å². The molecule has 1 aromatic heterocycles. The normalized spacial score (nSPS) is 11.0. The predicted molar refractivity (Wildman–Crippen MR) is 126 cm³/mol. The molecule has 6 heteroatoms. The summed E-state index contributed by atoms with van der Waals surface area (Å²) in [6.07, 6.45) is 0. The minimum Gasteiger partial charge on any atom is -0.497 e. The van der Waals surface area contributed by atoms with Gasteiger partial charge < -0.3 is 14.5 Å². The smallest absolute Gasteiger partial charge is 0.256 e. The van der Waals surface area contributed by atoms with Gasteiger partial charge in [-0.3, -0.25) is 4.79 Å². The van der Waals surface area contributed by atoms with E-state index >= 15 is 0 Å². The van der Waals surface area contributed by atoms with E-state index in [9.17, 15) is 4.79 Å². The second-order valence-electron chi connectivity index (χ2n) is 7.03. The van der Waals surface area contributed by atoms with Crippen LogP contribution in [0.5, 0.6) is 5.75 Å². The third kappa shape index (κ3) is 3.66. The molecule has 0 spiro atoms. The second-order valence-corrected chi connectivity index (χ2v) is 7.88. The fraction of sp³-hybridized carbons (Fsp3) is 0.0400. The Morgan fingerprint density at radius 1 is 0.968 bits per heavy atom. The van der Waals surface area contributed by atoms with E-state index in [2.05, 4.69) is 26.2 Å². The number of hydrogen-bond donors (Lipinski definition) is 1. The number of nitrogens with zero attached hydrogens (tertiary/aromatic N) is 1. The largest absolute Gasteiger partial charge is 0.497 e. The maximum absolute atomic E-state index is 13.0. The standard InChI is InChI=1S/C25H17BrN2O3/c1-30-17-11-12-23-22(14-17)28-25(31-23)15-5-2-6-16(13-15)27-24(29)20-9-3-8-19-18(20)7-4-10-21(19)26/h2-14H,1H3,(H,27,29). The minimum atomic E-state index is -0.178. The summed E-state index contributed by atoms with van der Waals surface area (Å²) < 4.78 is 12.1. The highest BCUT2D eigenvalue weighted by atomic mass is 79.9. The molecule has 1 amide bonds. The number of anilines is 1. The average Bonchev–Trinajstić information content (AvgIpc) is 3.22. The first-order valence-corrected chi connectivity index (χ1v) is 10.5. The van der Waals surface area contributed by atoms with Gasteiger partial charge in [-0.15, -0.1) is 0 Å². The molecule has 1 N–H and O–H groups in total. The van der Waals surface area contributed by atoms with Crippen LogP contribution in [0.1, 0.15) is 10.4 Å². The molecule has 0 fully saturated rings. The molecule has 31 heavy (non-hydrogen) atoms. The first-order chi connectivity index (χ1) is 15.1. The van der Waals surface area contributed by atoms with Gasteiger partial charge in [-0.25, -0.2) is 4.98 Å². The van der Waals surface area contributed by atoms with E-state index in [1.807, 2.05) is 78.9 Å². The number of nitrogens with one attached hydrogen (secondary N) is 1. The van der Waals surface area contributed by atoms with Crippen molar-refractivity contribution >= 4 is 49.4 Å². The zero-order valence-corrected chi connectivity index (χ0v) is 18.1. The highest BCUT2D eigenvalue weighted by molar-refractivity contribution is 9.10. The summed E-state index contributed by atoms with van der Waals surface area (Å²) in [6.45, 7) is 0. The van der Waals surface area contributed by atoms with Crippen molar-refractivity contribution in [3.63, 3.8) is 0 Å². The summed E-state index contributed by atoms with van der Waals surface area (Å²) in [5, 5.41) is 4.87. The number of methoxy groups -OCH3 is 1. The summed E-state index contributed by atoms with van der Waals surface area (Å²) in [5.74, 6) is 1.02. The molecule has 0 saturated heterocycles. The number of carbonyl (C=O) groups excluding carboxylic acids is 1. The molecule has 1 heterocycles. The molecule has 0 aliphatic rings. The second kappa shape index (κ2) is 7.89. The van der Waals surface area contributed by atoms with Crippen LogP contribution in [0.25, 0.3) is 33.3 Å². The van der Waals surface area contributed by atoms with Gasteiger partial charge in [0.25, 0.3) is 5.91 Å². The molecule has 0 aliphatic carbocycles. The fourth-order valence-electron chi connectivity index (χ4n) is 3.56. The van der Waals surface area contributed by atoms with E-state index in [4.69, 9.17) is 9.15 Å². The molecular formula is C25H17BrN2O3. The molecule has 0 unspecified atom stereocenters. The molecule has 152 valence electrons. The quantitative estimate of drug-likeness (QED) is 0.317. The number of ether oxygens (including phenoxy) is 1. The number of carbonyl (C=O) groups is 1. The van der Waals surface area contributed by atoms with Crippen LogP contribution in [0.15, 0.2) is 87.8 Å². The van der Waals surface area contributed by atoms with Gasteiger partial charge in [0, 0.05) is 27.4 Å². The SMILES string of the molecule is COc1ccc2oc(-c3cccc(NC(=O)c4cccc5c(Br)cccc45)c3)nc2c1. The Hall–Kier alpha value is -3.64. The monoisotopic (exact) mass is 472 g/mol. The Bertz CT molecular complexity index is 1440. The van der Waals surface area contributed by atoms with Gasteiger partial charge in [0.1, 0.15) is 11.3 Å². The topological polar surface area (TPSA) is 64.4 Å². The molecule has 0 radical (unpaired) electrons. The Morgan fingerprint density at radius 3 is 2.65 bits per heavy atom. The molecule has 4 aromatic carbocycles. The van der Waals surface area contributed by atoms with Crippen molar-refractivity contribution in [1.29, 1.82) is 0 Å². The van der Waals surface area contributed by atoms with Crippen LogP contribution in [0, 0.1) is 0 Å². The number of fused-ring (bicyclic) bond motifs is 2. The average molecular weight is 473 g/mol. The Labute approximate surface area is 186 Å². The molecular weight excluding hydrogens is 456 g/mol. The molecule has 5 rings (SSSR count). The maximum Gasteiger partial charge on any atom is 0.256 e. The highest BCUT2D eigenvalue weighted by Gasteiger charge is 2.13. The molecule has 0 atom stereocenters. The van der Waals surface area contributed by atoms with E-state index in [0.29, 0.717) is 28.2 Å². The molecule has 0 aliphatic heterocycles. The Morgan fingerprint density at radius 2 is 1.77 bits per heavy atom. The van der Waals surface area contributed by atoms with Crippen molar-refractivity contribution in [2.45, 2.75) is 0 Å². The van der Waals surface area contributed by atoms with E-state index in [-0.39, 0.29) is 5.91 Å². The zero-order valence-electron chi connectivity index (χ0n) is 16.6. The zero-order chi connectivity index (χ0) is 21.4. The van der Waals surface area contributed by atoms with Gasteiger partial charge in [-0.1, -0.05) is 46.3 Å². The minimum absolute atomic E-state index is 0.178. The first-order valence-electron chi connectivity index (χ1n) is 9.66. The van der Waals surface area contributed by atoms with Crippen molar-refractivity contribution in [1.82, 2.24) is 4.98 Å². The number of hydrogen-bond acceptors (Lipinski definition) is 4. The lowest BCUT2D eigenvalue weighted by molar-refractivity contribution is 0.102. The van der Waals surface area contributed by atoms with Crippen LogP contribution in [0.3, 0.4) is 0 Å². The van der Waals surface area contributed by atoms with Crippen molar-refractivity contribution in [3.05, 3.63) is 88.9 Å². The number of aromatic nitrogens is 1. The van der Waals surface area contributed by atoms with Crippen LogP contribution in [-0.4, -0.2) is 18.0 Å². The predicted octanol–water partition coefficient (Wildman–Crippen LogP) is 6.67. The first kappa shape index (κ1) is 19.3. The van der Waals surface area contributed by atoms with Crippen molar-refractivity contribution < 1.29 is 13.9 Å². The van der Waals surface area contributed by atoms with Gasteiger partial charge in [0.2, 0.25) is 5.89 Å². The maximum atomic E-state index is 13.0. The number of rotatable bonds is 4. The van der Waals surface area contributed by atoms with Crippen LogP contribution in [0.4, 0.5) is 5.69 Å². The van der Waals surface area contributed by atoms with Crippen LogP contribution < -0.4 is 10.1 Å². The van der Waals surface area contributed by atoms with Gasteiger partial charge in [0.05, 0.1) is 7.11 Å². The molecule has 0 bridgehead atoms. The summed E-state index contributed by atoms with van der Waals surface area (Å²) in [4.78, 5) is 17.6. The summed E-state index contributed by atoms with van der Waals surface area (Å²) in [6, 6.07) is 24.4. The van der Waals surface area contributed by atoms with E-state index in [1.54, 1.807) is 7.11 Å². The van der Waals surface area contributed by atoms with Crippen molar-refractivity contribution in [2.24, 2.45) is 0 Å². The number of halogens is 1. The Kier molecular flexibility index (Phi) is 4.92. The Balaban J connectivity index is 1.46. The number of oxazole rings is 1. The molecule has 0 saturated carbocycles. The highest BCUT2D eigenvalue weighted by Crippen LogP contribution is 2.29. The number of amides is 1. The molecule has 5 nitrogen and oxygen atoms in total. The van der Waals surface area contributed by atoms with E-state index in [1.165, 1.54) is 0 Å². The third-order valence-electron chi connectivity index (χ3n) is 5.08. The van der Waals surface area contributed by atoms with Crippen LogP contribution >= 0.6 is 15.9 Å². The van der Waals surface area contributed by atoms with Gasteiger partial charge in [-0.05, 0) is 53.2 Å². The lowest BCUT2D eigenvalue weighted by Gasteiger charge is -2.09. The fourth-order valence-corrected chi connectivity index (χ4v) is 4.05. The number of benzene rings is 4. The summed E-state index contributed by atoms with van der Waals surface area (Å²) in [7, 11) is 1.61. The van der Waals surface area contributed by atoms with E-state index < -0.39 is 0 Å². The van der Waals surface area contributed by atoms with Gasteiger partial charge >= 0.3 is 0 Å². The van der Waals surface area contributed by atoms with Crippen LogP contribution in [0.2, 0.25) is 0 Å². The van der Waals surface area contributed by atoms with E-state index in [0.717, 1.165) is 26.6 Å². The summed E-state index contributed by atoms with van der Waals surface area (Å²) in [5.41, 5.74) is 3.43. The van der Waals surface area contributed by atoms with Gasteiger partial charge in [-0.2, -0.15) is 0 Å². The molecule has 5 aromatic rings. The lowest BCUT2D eigenvalue weighted by Crippen LogP contribution is -2.12. The van der Waals surface area contributed by atoms with Crippen molar-refractivity contribution in [2.75, 3.05) is 12.4 Å². The van der Waals surface area contributed by atoms with Crippen LogP contribution in [-0.2, 0) is 0 Å².